The molecule has 0 bridgehead atoms. The van der Waals surface area contributed by atoms with Crippen molar-refractivity contribution in [2.75, 3.05) is 20.3 Å². The minimum absolute atomic E-state index is 0.0120. The van der Waals surface area contributed by atoms with E-state index in [0.717, 1.165) is 6.42 Å². The number of hydrogen-bond acceptors (Lipinski definition) is 4. The number of halogens is 1. The second-order valence-electron chi connectivity index (χ2n) is 4.50. The third-order valence-electron chi connectivity index (χ3n) is 3.10. The third kappa shape index (κ3) is 2.74. The lowest BCUT2D eigenvalue weighted by molar-refractivity contribution is 0.0864. The topological polar surface area (TPSA) is 53.4 Å². The SMILES string of the molecule is COCCn1ncc(Cl)c1C(=O)C1COC(C)C1. The maximum atomic E-state index is 12.4. The fourth-order valence-corrected chi connectivity index (χ4v) is 2.38. The van der Waals surface area contributed by atoms with E-state index in [1.807, 2.05) is 6.92 Å². The van der Waals surface area contributed by atoms with Crippen molar-refractivity contribution in [1.82, 2.24) is 9.78 Å². The normalized spacial score (nSPS) is 23.5. The Kier molecular flexibility index (Phi) is 4.37. The van der Waals surface area contributed by atoms with Crippen LogP contribution in [0.25, 0.3) is 0 Å². The summed E-state index contributed by atoms with van der Waals surface area (Å²) in [5.41, 5.74) is 0.469. The molecule has 2 atom stereocenters. The molecule has 0 N–H and O–H groups in total. The van der Waals surface area contributed by atoms with Gasteiger partial charge in [-0.05, 0) is 13.3 Å². The summed E-state index contributed by atoms with van der Waals surface area (Å²) in [5, 5.41) is 4.51. The van der Waals surface area contributed by atoms with Gasteiger partial charge in [-0.3, -0.25) is 9.48 Å². The molecule has 0 saturated carbocycles. The fraction of sp³-hybridized carbons (Fsp3) is 0.667. The molecule has 2 heterocycles. The Morgan fingerprint density at radius 1 is 1.72 bits per heavy atom. The third-order valence-corrected chi connectivity index (χ3v) is 3.38. The van der Waals surface area contributed by atoms with Gasteiger partial charge in [-0.2, -0.15) is 5.10 Å². The zero-order chi connectivity index (χ0) is 13.1. The summed E-state index contributed by atoms with van der Waals surface area (Å²) < 4.78 is 12.0. The van der Waals surface area contributed by atoms with Crippen LogP contribution in [0.2, 0.25) is 5.02 Å². The van der Waals surface area contributed by atoms with E-state index < -0.39 is 0 Å². The summed E-state index contributed by atoms with van der Waals surface area (Å²) >= 11 is 6.05. The molecule has 2 unspecified atom stereocenters. The van der Waals surface area contributed by atoms with Crippen molar-refractivity contribution in [2.45, 2.75) is 26.0 Å². The largest absolute Gasteiger partial charge is 0.383 e. The van der Waals surface area contributed by atoms with Crippen LogP contribution in [0, 0.1) is 5.92 Å². The molecular weight excluding hydrogens is 256 g/mol. The fourth-order valence-electron chi connectivity index (χ4n) is 2.15. The van der Waals surface area contributed by atoms with Gasteiger partial charge in [0, 0.05) is 13.0 Å². The monoisotopic (exact) mass is 272 g/mol. The molecule has 1 aliphatic rings. The molecular formula is C12H17ClN2O3. The number of ether oxygens (including phenoxy) is 2. The molecule has 1 fully saturated rings. The molecule has 5 nitrogen and oxygen atoms in total. The van der Waals surface area contributed by atoms with Gasteiger partial charge in [-0.15, -0.1) is 0 Å². The number of carbonyl (C=O) groups is 1. The van der Waals surface area contributed by atoms with Crippen molar-refractivity contribution in [3.63, 3.8) is 0 Å². The lowest BCUT2D eigenvalue weighted by Gasteiger charge is -2.10. The average molecular weight is 273 g/mol. The number of methoxy groups -OCH3 is 1. The van der Waals surface area contributed by atoms with Crippen molar-refractivity contribution < 1.29 is 14.3 Å². The van der Waals surface area contributed by atoms with Crippen LogP contribution < -0.4 is 0 Å². The second-order valence-corrected chi connectivity index (χ2v) is 4.91. The molecule has 0 spiro atoms. The number of aromatic nitrogens is 2. The molecule has 2 rings (SSSR count). The smallest absolute Gasteiger partial charge is 0.187 e. The predicted molar refractivity (Wildman–Crippen MR) is 67.0 cm³/mol. The highest BCUT2D eigenvalue weighted by Crippen LogP contribution is 2.26. The molecule has 18 heavy (non-hydrogen) atoms. The van der Waals surface area contributed by atoms with E-state index in [2.05, 4.69) is 5.10 Å². The van der Waals surface area contributed by atoms with Gasteiger partial charge in [-0.25, -0.2) is 0 Å². The van der Waals surface area contributed by atoms with Crippen LogP contribution >= 0.6 is 11.6 Å². The molecule has 100 valence electrons. The van der Waals surface area contributed by atoms with Crippen LogP contribution in [-0.2, 0) is 16.0 Å². The summed E-state index contributed by atoms with van der Waals surface area (Å²) in [7, 11) is 1.61. The summed E-state index contributed by atoms with van der Waals surface area (Å²) in [4.78, 5) is 12.4. The van der Waals surface area contributed by atoms with Gasteiger partial charge in [0.05, 0.1) is 37.1 Å². The highest BCUT2D eigenvalue weighted by Gasteiger charge is 2.32. The number of rotatable bonds is 5. The number of ketones is 1. The van der Waals surface area contributed by atoms with Crippen LogP contribution in [0.1, 0.15) is 23.8 Å². The Bertz CT molecular complexity index is 433. The maximum Gasteiger partial charge on any atom is 0.187 e. The Morgan fingerprint density at radius 2 is 2.50 bits per heavy atom. The van der Waals surface area contributed by atoms with E-state index >= 15 is 0 Å². The first kappa shape index (κ1) is 13.5. The standard InChI is InChI=1S/C12H17ClN2O3/c1-8-5-9(7-18-8)12(16)11-10(13)6-14-15(11)3-4-17-2/h6,8-9H,3-5,7H2,1-2H3. The summed E-state index contributed by atoms with van der Waals surface area (Å²) in [6, 6.07) is 0. The minimum Gasteiger partial charge on any atom is -0.383 e. The Hall–Kier alpha value is -0.910. The van der Waals surface area contributed by atoms with E-state index in [1.54, 1.807) is 11.8 Å². The summed E-state index contributed by atoms with van der Waals surface area (Å²) in [6.07, 6.45) is 2.38. The Balaban J connectivity index is 2.16. The van der Waals surface area contributed by atoms with Gasteiger partial charge in [0.2, 0.25) is 0 Å². The lowest BCUT2D eigenvalue weighted by Crippen LogP contribution is -2.21. The second kappa shape index (κ2) is 5.82. The zero-order valence-electron chi connectivity index (χ0n) is 10.6. The van der Waals surface area contributed by atoms with Gasteiger partial charge in [0.25, 0.3) is 0 Å². The van der Waals surface area contributed by atoms with Crippen molar-refractivity contribution >= 4 is 17.4 Å². The first-order valence-corrected chi connectivity index (χ1v) is 6.37. The molecule has 0 aliphatic carbocycles. The first-order valence-electron chi connectivity index (χ1n) is 5.99. The summed E-state index contributed by atoms with van der Waals surface area (Å²) in [5.74, 6) is -0.103. The van der Waals surface area contributed by atoms with Crippen molar-refractivity contribution in [3.05, 3.63) is 16.9 Å². The molecule has 1 aromatic rings. The van der Waals surface area contributed by atoms with Crippen molar-refractivity contribution in [1.29, 1.82) is 0 Å². The number of carbonyl (C=O) groups excluding carboxylic acids is 1. The van der Waals surface area contributed by atoms with Gasteiger partial charge in [0.15, 0.2) is 5.78 Å². The van der Waals surface area contributed by atoms with Crippen LogP contribution in [-0.4, -0.2) is 42.0 Å². The Morgan fingerprint density at radius 3 is 3.11 bits per heavy atom. The van der Waals surface area contributed by atoms with Crippen molar-refractivity contribution in [2.24, 2.45) is 5.92 Å². The molecule has 1 aromatic heterocycles. The Labute approximate surface area is 111 Å². The lowest BCUT2D eigenvalue weighted by atomic mass is 9.99. The number of hydrogen-bond donors (Lipinski definition) is 0. The highest BCUT2D eigenvalue weighted by atomic mass is 35.5. The van der Waals surface area contributed by atoms with Crippen LogP contribution in [0.5, 0.6) is 0 Å². The predicted octanol–water partition coefficient (Wildman–Crippen LogP) is 1.79. The van der Waals surface area contributed by atoms with Gasteiger partial charge in [0.1, 0.15) is 5.69 Å². The van der Waals surface area contributed by atoms with Gasteiger partial charge >= 0.3 is 0 Å². The van der Waals surface area contributed by atoms with Crippen LogP contribution in [0.4, 0.5) is 0 Å². The van der Waals surface area contributed by atoms with Crippen molar-refractivity contribution in [3.8, 4) is 0 Å². The van der Waals surface area contributed by atoms with E-state index in [4.69, 9.17) is 21.1 Å². The number of Topliss-reactive ketones (excluding diaryl/α,β-unsaturated/α-hetero) is 1. The van der Waals surface area contributed by atoms with Gasteiger partial charge < -0.3 is 9.47 Å². The zero-order valence-corrected chi connectivity index (χ0v) is 11.3. The molecule has 0 radical (unpaired) electrons. The van der Waals surface area contributed by atoms with E-state index in [0.29, 0.717) is 30.5 Å². The van der Waals surface area contributed by atoms with Crippen LogP contribution in [0.15, 0.2) is 6.20 Å². The maximum absolute atomic E-state index is 12.4. The first-order chi connectivity index (χ1) is 8.63. The highest BCUT2D eigenvalue weighted by molar-refractivity contribution is 6.33. The molecule has 1 aliphatic heterocycles. The quantitative estimate of drug-likeness (QED) is 0.767. The summed E-state index contributed by atoms with van der Waals surface area (Å²) in [6.45, 7) is 3.45. The van der Waals surface area contributed by atoms with Gasteiger partial charge in [-0.1, -0.05) is 11.6 Å². The van der Waals surface area contributed by atoms with E-state index in [1.165, 1.54) is 6.20 Å². The molecule has 0 aromatic carbocycles. The van der Waals surface area contributed by atoms with Crippen LogP contribution in [0.3, 0.4) is 0 Å². The molecule has 1 saturated heterocycles. The van der Waals surface area contributed by atoms with E-state index in [-0.39, 0.29) is 17.8 Å². The average Bonchev–Trinajstić information content (AvgIpc) is 2.92. The van der Waals surface area contributed by atoms with E-state index in [9.17, 15) is 4.79 Å². The molecule has 0 amide bonds. The number of nitrogens with zero attached hydrogens (tertiary/aromatic N) is 2. The molecule has 6 heteroatoms. The minimum atomic E-state index is -0.115.